The Morgan fingerprint density at radius 1 is 1.40 bits per heavy atom. The molecule has 0 fully saturated rings. The summed E-state index contributed by atoms with van der Waals surface area (Å²) >= 11 is 0. The molecule has 0 saturated heterocycles. The molecular formula is C12H15N3. The molecule has 0 bridgehead atoms. The summed E-state index contributed by atoms with van der Waals surface area (Å²) in [5, 5.41) is 3.36. The molecule has 2 rings (SSSR count). The smallest absolute Gasteiger partial charge is 0.0991 e. The zero-order chi connectivity index (χ0) is 10.5. The van der Waals surface area contributed by atoms with Crippen LogP contribution in [-0.2, 0) is 0 Å². The van der Waals surface area contributed by atoms with Gasteiger partial charge in [0.1, 0.15) is 0 Å². The van der Waals surface area contributed by atoms with Gasteiger partial charge in [-0.05, 0) is 24.6 Å². The predicted octanol–water partition coefficient (Wildman–Crippen LogP) is 2.69. The van der Waals surface area contributed by atoms with Crippen LogP contribution in [0.2, 0.25) is 0 Å². The quantitative estimate of drug-likeness (QED) is 0.824. The summed E-state index contributed by atoms with van der Waals surface area (Å²) in [7, 11) is 0. The highest BCUT2D eigenvalue weighted by Crippen LogP contribution is 2.14. The molecule has 1 heterocycles. The summed E-state index contributed by atoms with van der Waals surface area (Å²) in [6.07, 6.45) is 6.67. The van der Waals surface area contributed by atoms with Crippen molar-refractivity contribution >= 4 is 5.69 Å². The second-order valence-corrected chi connectivity index (χ2v) is 3.45. The molecule has 0 unspecified atom stereocenters. The van der Waals surface area contributed by atoms with Gasteiger partial charge < -0.3 is 9.88 Å². The third-order valence-corrected chi connectivity index (χ3v) is 2.23. The molecule has 3 heteroatoms. The Bertz CT molecular complexity index is 407. The monoisotopic (exact) mass is 201 g/mol. The molecule has 0 aliphatic heterocycles. The Morgan fingerprint density at radius 3 is 3.07 bits per heavy atom. The lowest BCUT2D eigenvalue weighted by atomic mass is 10.2. The topological polar surface area (TPSA) is 29.9 Å². The van der Waals surface area contributed by atoms with E-state index < -0.39 is 0 Å². The van der Waals surface area contributed by atoms with E-state index in [1.165, 1.54) is 0 Å². The van der Waals surface area contributed by atoms with E-state index in [1.807, 2.05) is 16.8 Å². The molecule has 0 atom stereocenters. The molecule has 0 radical (unpaired) electrons. The lowest BCUT2D eigenvalue weighted by Crippen LogP contribution is -2.00. The number of rotatable bonds is 4. The molecule has 78 valence electrons. The minimum atomic E-state index is 1.01. The van der Waals surface area contributed by atoms with E-state index in [1.54, 1.807) is 12.5 Å². The first-order chi connectivity index (χ1) is 7.40. The van der Waals surface area contributed by atoms with Crippen LogP contribution in [0.15, 0.2) is 43.0 Å². The van der Waals surface area contributed by atoms with Crippen LogP contribution in [0.4, 0.5) is 5.69 Å². The third-order valence-electron chi connectivity index (χ3n) is 2.23. The zero-order valence-electron chi connectivity index (χ0n) is 8.85. The lowest BCUT2D eigenvalue weighted by molar-refractivity contribution is 0.977. The van der Waals surface area contributed by atoms with E-state index in [2.05, 4.69) is 35.4 Å². The number of anilines is 1. The third kappa shape index (κ3) is 2.37. The minimum Gasteiger partial charge on any atom is -0.385 e. The molecule has 0 amide bonds. The molecule has 1 aromatic carbocycles. The van der Waals surface area contributed by atoms with Gasteiger partial charge in [0.2, 0.25) is 0 Å². The van der Waals surface area contributed by atoms with Crippen molar-refractivity contribution in [1.29, 1.82) is 0 Å². The standard InChI is InChI=1S/C12H15N3/c1-2-6-14-11-4-3-5-12(9-11)15-8-7-13-10-15/h3-5,7-10,14H,2,6H2,1H3. The van der Waals surface area contributed by atoms with Crippen LogP contribution in [0.25, 0.3) is 5.69 Å². The molecular weight excluding hydrogens is 186 g/mol. The summed E-state index contributed by atoms with van der Waals surface area (Å²) in [5.41, 5.74) is 2.29. The molecule has 0 aliphatic rings. The molecule has 3 nitrogen and oxygen atoms in total. The minimum absolute atomic E-state index is 1.01. The van der Waals surface area contributed by atoms with Gasteiger partial charge in [0.15, 0.2) is 0 Å². The summed E-state index contributed by atoms with van der Waals surface area (Å²) in [5.74, 6) is 0. The Balaban J connectivity index is 2.19. The molecule has 0 saturated carbocycles. The SMILES string of the molecule is CCCNc1cccc(-n2ccnc2)c1. The number of aromatic nitrogens is 2. The van der Waals surface area contributed by atoms with Crippen LogP contribution in [0.3, 0.4) is 0 Å². The average molecular weight is 201 g/mol. The van der Waals surface area contributed by atoms with E-state index in [9.17, 15) is 0 Å². The normalized spacial score (nSPS) is 10.2. The fraction of sp³-hybridized carbons (Fsp3) is 0.250. The Labute approximate surface area is 89.8 Å². The first-order valence-corrected chi connectivity index (χ1v) is 5.22. The predicted molar refractivity (Wildman–Crippen MR) is 62.3 cm³/mol. The largest absolute Gasteiger partial charge is 0.385 e. The van der Waals surface area contributed by atoms with Crippen LogP contribution in [0, 0.1) is 0 Å². The first-order valence-electron chi connectivity index (χ1n) is 5.22. The van der Waals surface area contributed by atoms with Crippen molar-refractivity contribution in [3.63, 3.8) is 0 Å². The average Bonchev–Trinajstić information content (AvgIpc) is 2.80. The Hall–Kier alpha value is -1.77. The van der Waals surface area contributed by atoms with E-state index in [0.717, 1.165) is 24.3 Å². The summed E-state index contributed by atoms with van der Waals surface area (Å²) in [6.45, 7) is 3.17. The van der Waals surface area contributed by atoms with Crippen LogP contribution >= 0.6 is 0 Å². The summed E-state index contributed by atoms with van der Waals surface area (Å²) < 4.78 is 2.00. The molecule has 2 aromatic rings. The van der Waals surface area contributed by atoms with Crippen LogP contribution in [0.1, 0.15) is 13.3 Å². The number of nitrogens with one attached hydrogen (secondary N) is 1. The maximum Gasteiger partial charge on any atom is 0.0991 e. The summed E-state index contributed by atoms with van der Waals surface area (Å²) in [6, 6.07) is 8.32. The fourth-order valence-corrected chi connectivity index (χ4v) is 1.46. The lowest BCUT2D eigenvalue weighted by Gasteiger charge is -2.07. The van der Waals surface area contributed by atoms with Crippen molar-refractivity contribution in [3.05, 3.63) is 43.0 Å². The van der Waals surface area contributed by atoms with Crippen LogP contribution in [0.5, 0.6) is 0 Å². The molecule has 15 heavy (non-hydrogen) atoms. The maximum absolute atomic E-state index is 4.03. The summed E-state index contributed by atoms with van der Waals surface area (Å²) in [4.78, 5) is 4.03. The first kappa shape index (κ1) is 9.77. The molecule has 1 aromatic heterocycles. The van der Waals surface area contributed by atoms with Gasteiger partial charge in [-0.3, -0.25) is 0 Å². The van der Waals surface area contributed by atoms with Gasteiger partial charge in [-0.1, -0.05) is 13.0 Å². The van der Waals surface area contributed by atoms with E-state index in [0.29, 0.717) is 0 Å². The van der Waals surface area contributed by atoms with Crippen molar-refractivity contribution in [3.8, 4) is 5.69 Å². The van der Waals surface area contributed by atoms with Crippen LogP contribution in [-0.4, -0.2) is 16.1 Å². The number of hydrogen-bond acceptors (Lipinski definition) is 2. The van der Waals surface area contributed by atoms with Crippen molar-refractivity contribution in [1.82, 2.24) is 9.55 Å². The van der Waals surface area contributed by atoms with Crippen molar-refractivity contribution < 1.29 is 0 Å². The molecule has 0 aliphatic carbocycles. The maximum atomic E-state index is 4.03. The molecule has 1 N–H and O–H groups in total. The van der Waals surface area contributed by atoms with Crippen molar-refractivity contribution in [2.75, 3.05) is 11.9 Å². The van der Waals surface area contributed by atoms with Gasteiger partial charge in [0.25, 0.3) is 0 Å². The zero-order valence-corrected chi connectivity index (χ0v) is 8.85. The number of nitrogens with zero attached hydrogens (tertiary/aromatic N) is 2. The van der Waals surface area contributed by atoms with Gasteiger partial charge in [-0.2, -0.15) is 0 Å². The van der Waals surface area contributed by atoms with E-state index in [-0.39, 0.29) is 0 Å². The Kier molecular flexibility index (Phi) is 3.02. The van der Waals surface area contributed by atoms with Crippen LogP contribution < -0.4 is 5.32 Å². The van der Waals surface area contributed by atoms with Crippen molar-refractivity contribution in [2.45, 2.75) is 13.3 Å². The second-order valence-electron chi connectivity index (χ2n) is 3.45. The van der Waals surface area contributed by atoms with Gasteiger partial charge in [0, 0.05) is 30.3 Å². The van der Waals surface area contributed by atoms with Gasteiger partial charge >= 0.3 is 0 Å². The number of hydrogen-bond donors (Lipinski definition) is 1. The highest BCUT2D eigenvalue weighted by atomic mass is 15.0. The second kappa shape index (κ2) is 4.64. The highest BCUT2D eigenvalue weighted by molar-refractivity contribution is 5.51. The molecule has 0 spiro atoms. The van der Waals surface area contributed by atoms with E-state index in [4.69, 9.17) is 0 Å². The van der Waals surface area contributed by atoms with E-state index >= 15 is 0 Å². The Morgan fingerprint density at radius 2 is 2.33 bits per heavy atom. The van der Waals surface area contributed by atoms with Gasteiger partial charge in [0.05, 0.1) is 6.33 Å². The van der Waals surface area contributed by atoms with Crippen molar-refractivity contribution in [2.24, 2.45) is 0 Å². The number of imidazole rings is 1. The highest BCUT2D eigenvalue weighted by Gasteiger charge is 1.96. The van der Waals surface area contributed by atoms with Gasteiger partial charge in [-0.15, -0.1) is 0 Å². The number of benzene rings is 1. The fourth-order valence-electron chi connectivity index (χ4n) is 1.46. The van der Waals surface area contributed by atoms with Gasteiger partial charge in [-0.25, -0.2) is 4.98 Å².